The molecule has 0 unspecified atom stereocenters. The molecule has 0 atom stereocenters. The Balaban J connectivity index is 1.14. The monoisotopic (exact) mass is 543 g/mol. The first-order chi connectivity index (χ1) is 18.4. The fourth-order valence-electron chi connectivity index (χ4n) is 5.72. The highest BCUT2D eigenvalue weighted by Crippen LogP contribution is 2.30. The Hall–Kier alpha value is -2.66. The standard InChI is InChI=1S/C27H41N7O3S/c1-20-7-12-23(37-2)24(17-20)38(35,36)29-19-22-10-8-21(9-11-22)18-28-25-30-26(33-13-3-4-14-33)32-27(31-25)34-15-5-6-16-34/h7,12,17,21-22,29H,3-6,8-11,13-16,18-19H2,1-2H3,(H,28,30,31,32). The maximum atomic E-state index is 12.9. The van der Waals surface area contributed by atoms with Crippen molar-refractivity contribution >= 4 is 27.9 Å². The Kier molecular flexibility index (Phi) is 8.52. The Labute approximate surface area is 226 Å². The molecule has 1 saturated carbocycles. The summed E-state index contributed by atoms with van der Waals surface area (Å²) >= 11 is 0. The molecule has 0 spiro atoms. The van der Waals surface area contributed by atoms with Crippen LogP contribution in [0.1, 0.15) is 56.9 Å². The van der Waals surface area contributed by atoms with E-state index < -0.39 is 10.0 Å². The molecule has 2 aromatic rings. The summed E-state index contributed by atoms with van der Waals surface area (Å²) in [7, 11) is -2.13. The smallest absolute Gasteiger partial charge is 0.244 e. The lowest BCUT2D eigenvalue weighted by molar-refractivity contribution is 0.284. The minimum Gasteiger partial charge on any atom is -0.495 e. The van der Waals surface area contributed by atoms with E-state index in [4.69, 9.17) is 19.7 Å². The molecule has 1 aliphatic carbocycles. The fraction of sp³-hybridized carbons (Fsp3) is 0.667. The number of nitrogens with zero attached hydrogens (tertiary/aromatic N) is 5. The Bertz CT molecular complexity index is 1150. The van der Waals surface area contributed by atoms with E-state index in [-0.39, 0.29) is 4.90 Å². The van der Waals surface area contributed by atoms with Gasteiger partial charge in [0.15, 0.2) is 0 Å². The van der Waals surface area contributed by atoms with Crippen LogP contribution in [0.2, 0.25) is 0 Å². The summed E-state index contributed by atoms with van der Waals surface area (Å²) in [6, 6.07) is 5.22. The number of rotatable bonds is 10. The molecule has 10 nitrogen and oxygen atoms in total. The van der Waals surface area contributed by atoms with E-state index in [1.807, 2.05) is 13.0 Å². The zero-order chi connectivity index (χ0) is 26.5. The second-order valence-corrected chi connectivity index (χ2v) is 12.7. The lowest BCUT2D eigenvalue weighted by Gasteiger charge is -2.29. The molecule has 2 saturated heterocycles. The molecule has 0 bridgehead atoms. The molecule has 3 aliphatic rings. The molecule has 1 aromatic heterocycles. The van der Waals surface area contributed by atoms with E-state index in [0.717, 1.165) is 75.9 Å². The Morgan fingerprint density at radius 3 is 1.97 bits per heavy atom. The normalized spacial score (nSPS) is 22.2. The molecule has 5 rings (SSSR count). The van der Waals surface area contributed by atoms with Gasteiger partial charge in [-0.25, -0.2) is 13.1 Å². The van der Waals surface area contributed by atoms with E-state index in [1.165, 1.54) is 32.8 Å². The molecule has 3 heterocycles. The summed E-state index contributed by atoms with van der Waals surface area (Å²) in [5.74, 6) is 3.48. The number of methoxy groups -OCH3 is 1. The highest BCUT2D eigenvalue weighted by atomic mass is 32.2. The summed E-state index contributed by atoms with van der Waals surface area (Å²) in [6.45, 7) is 7.18. The van der Waals surface area contributed by atoms with Crippen LogP contribution in [0.5, 0.6) is 5.75 Å². The van der Waals surface area contributed by atoms with Crippen LogP contribution < -0.4 is 24.6 Å². The third-order valence-corrected chi connectivity index (χ3v) is 9.52. The predicted octanol–water partition coefficient (Wildman–Crippen LogP) is 3.59. The molecule has 38 heavy (non-hydrogen) atoms. The summed E-state index contributed by atoms with van der Waals surface area (Å²) in [6.07, 6.45) is 8.84. The average Bonchev–Trinajstić information content (AvgIpc) is 3.66. The quantitative estimate of drug-likeness (QED) is 0.464. The second kappa shape index (κ2) is 12.0. The van der Waals surface area contributed by atoms with Gasteiger partial charge in [0.1, 0.15) is 10.6 Å². The van der Waals surface area contributed by atoms with Gasteiger partial charge in [-0.2, -0.15) is 15.0 Å². The number of hydrogen-bond donors (Lipinski definition) is 2. The van der Waals surface area contributed by atoms with E-state index in [2.05, 4.69) is 19.8 Å². The number of aromatic nitrogens is 3. The Morgan fingerprint density at radius 2 is 1.42 bits per heavy atom. The highest BCUT2D eigenvalue weighted by molar-refractivity contribution is 7.89. The number of ether oxygens (including phenoxy) is 1. The van der Waals surface area contributed by atoms with Crippen molar-refractivity contribution < 1.29 is 13.2 Å². The van der Waals surface area contributed by atoms with Crippen molar-refractivity contribution in [2.45, 2.75) is 63.2 Å². The van der Waals surface area contributed by atoms with Crippen molar-refractivity contribution in [3.05, 3.63) is 23.8 Å². The number of nitrogens with one attached hydrogen (secondary N) is 2. The predicted molar refractivity (Wildman–Crippen MR) is 150 cm³/mol. The zero-order valence-electron chi connectivity index (χ0n) is 22.7. The molecule has 3 fully saturated rings. The number of sulfonamides is 1. The molecular formula is C27H41N7O3S. The van der Waals surface area contributed by atoms with Gasteiger partial charge in [0.25, 0.3) is 0 Å². The van der Waals surface area contributed by atoms with Gasteiger partial charge >= 0.3 is 0 Å². The van der Waals surface area contributed by atoms with Crippen LogP contribution in [0, 0.1) is 18.8 Å². The number of benzene rings is 1. The molecule has 2 N–H and O–H groups in total. The van der Waals surface area contributed by atoms with E-state index in [1.54, 1.807) is 12.1 Å². The minimum atomic E-state index is -3.62. The molecule has 208 valence electrons. The van der Waals surface area contributed by atoms with Crippen molar-refractivity contribution in [2.24, 2.45) is 11.8 Å². The number of anilines is 3. The van der Waals surface area contributed by atoms with E-state index in [0.29, 0.717) is 30.1 Å². The van der Waals surface area contributed by atoms with Gasteiger partial charge in [-0.3, -0.25) is 0 Å². The first-order valence-corrected chi connectivity index (χ1v) is 15.5. The number of hydrogen-bond acceptors (Lipinski definition) is 9. The van der Waals surface area contributed by atoms with Crippen LogP contribution in [-0.2, 0) is 10.0 Å². The molecular weight excluding hydrogens is 502 g/mol. The zero-order valence-corrected chi connectivity index (χ0v) is 23.5. The van der Waals surface area contributed by atoms with Gasteiger partial charge in [-0.1, -0.05) is 6.07 Å². The van der Waals surface area contributed by atoms with Gasteiger partial charge in [-0.15, -0.1) is 0 Å². The van der Waals surface area contributed by atoms with Crippen molar-refractivity contribution in [1.29, 1.82) is 0 Å². The van der Waals surface area contributed by atoms with Crippen molar-refractivity contribution in [1.82, 2.24) is 19.7 Å². The molecule has 2 aliphatic heterocycles. The van der Waals surface area contributed by atoms with Crippen molar-refractivity contribution in [3.63, 3.8) is 0 Å². The minimum absolute atomic E-state index is 0.205. The van der Waals surface area contributed by atoms with Gasteiger partial charge in [-0.05, 0) is 87.8 Å². The van der Waals surface area contributed by atoms with Crippen LogP contribution in [0.3, 0.4) is 0 Å². The van der Waals surface area contributed by atoms with E-state index >= 15 is 0 Å². The van der Waals surface area contributed by atoms with Crippen molar-refractivity contribution in [3.8, 4) is 5.75 Å². The third-order valence-electron chi connectivity index (χ3n) is 8.08. The van der Waals surface area contributed by atoms with Gasteiger partial charge in [0, 0.05) is 39.3 Å². The first kappa shape index (κ1) is 26.9. The van der Waals surface area contributed by atoms with Gasteiger partial charge in [0.05, 0.1) is 7.11 Å². The van der Waals surface area contributed by atoms with Crippen molar-refractivity contribution in [2.75, 3.05) is 61.5 Å². The van der Waals surface area contributed by atoms with Crippen LogP contribution in [0.4, 0.5) is 17.8 Å². The molecule has 0 radical (unpaired) electrons. The lowest BCUT2D eigenvalue weighted by Crippen LogP contribution is -2.32. The second-order valence-electron chi connectivity index (χ2n) is 10.9. The molecule has 1 aromatic carbocycles. The topological polar surface area (TPSA) is 113 Å². The maximum Gasteiger partial charge on any atom is 0.244 e. The summed E-state index contributed by atoms with van der Waals surface area (Å²) in [5.41, 5.74) is 0.887. The summed E-state index contributed by atoms with van der Waals surface area (Å²) in [4.78, 5) is 19.1. The average molecular weight is 544 g/mol. The highest BCUT2D eigenvalue weighted by Gasteiger charge is 2.26. The van der Waals surface area contributed by atoms with Crippen LogP contribution >= 0.6 is 0 Å². The van der Waals surface area contributed by atoms with E-state index in [9.17, 15) is 8.42 Å². The first-order valence-electron chi connectivity index (χ1n) is 14.1. The third kappa shape index (κ3) is 6.48. The summed E-state index contributed by atoms with van der Waals surface area (Å²) < 4.78 is 34.0. The molecule has 11 heteroatoms. The lowest BCUT2D eigenvalue weighted by atomic mass is 9.82. The fourth-order valence-corrected chi connectivity index (χ4v) is 7.09. The summed E-state index contributed by atoms with van der Waals surface area (Å²) in [5, 5.41) is 3.51. The van der Waals surface area contributed by atoms with Crippen LogP contribution in [0.15, 0.2) is 23.1 Å². The van der Waals surface area contributed by atoms with Gasteiger partial charge in [0.2, 0.25) is 27.9 Å². The Morgan fingerprint density at radius 1 is 0.868 bits per heavy atom. The largest absolute Gasteiger partial charge is 0.495 e. The van der Waals surface area contributed by atoms with Crippen LogP contribution in [0.25, 0.3) is 0 Å². The SMILES string of the molecule is COc1ccc(C)cc1S(=O)(=O)NCC1CCC(CNc2nc(N3CCCC3)nc(N3CCCC3)n2)CC1. The van der Waals surface area contributed by atoms with Crippen LogP contribution in [-0.4, -0.2) is 69.7 Å². The maximum absolute atomic E-state index is 12.9. The molecule has 0 amide bonds. The van der Waals surface area contributed by atoms with Gasteiger partial charge < -0.3 is 19.9 Å². The number of aryl methyl sites for hydroxylation is 1.